The molecule has 11 heteroatoms. The van der Waals surface area contributed by atoms with Gasteiger partial charge < -0.3 is 10.1 Å². The first-order valence-corrected chi connectivity index (χ1v) is 11.1. The zero-order valence-corrected chi connectivity index (χ0v) is 18.0. The smallest absolute Gasteiger partial charge is 0.307 e. The van der Waals surface area contributed by atoms with Crippen molar-refractivity contribution in [1.29, 1.82) is 0 Å². The van der Waals surface area contributed by atoms with Gasteiger partial charge in [0.25, 0.3) is 10.0 Å². The number of halogens is 2. The van der Waals surface area contributed by atoms with Crippen LogP contribution in [0.2, 0.25) is 5.02 Å². The predicted octanol–water partition coefficient (Wildman–Crippen LogP) is 2.86. The van der Waals surface area contributed by atoms with Crippen molar-refractivity contribution in [3.05, 3.63) is 50.8 Å². The van der Waals surface area contributed by atoms with E-state index in [1.807, 2.05) is 0 Å². The Bertz CT molecular complexity index is 932. The zero-order valence-electron chi connectivity index (χ0n) is 14.1. The number of hydrogen-bond donors (Lipinski definition) is 2. The molecule has 1 aromatic heterocycles. The maximum Gasteiger partial charge on any atom is 0.307 e. The van der Waals surface area contributed by atoms with Gasteiger partial charge in [-0.25, -0.2) is 13.1 Å². The molecule has 1 amide bonds. The molecule has 27 heavy (non-hydrogen) atoms. The van der Waals surface area contributed by atoms with E-state index < -0.39 is 34.5 Å². The summed E-state index contributed by atoms with van der Waals surface area (Å²) in [5, 5.41) is 2.98. The average Bonchev–Trinajstić information content (AvgIpc) is 3.07. The van der Waals surface area contributed by atoms with E-state index in [1.165, 1.54) is 13.2 Å². The highest BCUT2D eigenvalue weighted by atomic mass is 79.9. The van der Waals surface area contributed by atoms with Gasteiger partial charge in [-0.1, -0.05) is 29.8 Å². The second-order valence-corrected chi connectivity index (χ2v) is 10.2. The van der Waals surface area contributed by atoms with Crippen LogP contribution in [0.3, 0.4) is 0 Å². The first-order valence-electron chi connectivity index (χ1n) is 7.58. The maximum atomic E-state index is 12.3. The van der Waals surface area contributed by atoms with Crippen LogP contribution < -0.4 is 10.0 Å². The molecule has 1 atom stereocenters. The Morgan fingerprint density at radius 3 is 2.56 bits per heavy atom. The number of methoxy groups -OCH3 is 1. The topological polar surface area (TPSA) is 102 Å². The molecule has 0 saturated heterocycles. The van der Waals surface area contributed by atoms with E-state index in [0.717, 1.165) is 11.3 Å². The van der Waals surface area contributed by atoms with Gasteiger partial charge in [0.1, 0.15) is 4.21 Å². The van der Waals surface area contributed by atoms with Gasteiger partial charge in [-0.15, -0.1) is 11.3 Å². The van der Waals surface area contributed by atoms with Gasteiger partial charge in [0, 0.05) is 5.02 Å². The number of carbonyl (C=O) groups is 2. The summed E-state index contributed by atoms with van der Waals surface area (Å²) < 4.78 is 32.0. The maximum absolute atomic E-state index is 12.3. The molecule has 0 spiro atoms. The molecule has 0 aliphatic heterocycles. The molecular weight excluding hydrogens is 480 g/mol. The van der Waals surface area contributed by atoms with Crippen molar-refractivity contribution in [2.24, 2.45) is 0 Å². The second-order valence-electron chi connectivity index (χ2n) is 5.30. The van der Waals surface area contributed by atoms with E-state index in [0.29, 0.717) is 14.4 Å². The van der Waals surface area contributed by atoms with Crippen molar-refractivity contribution in [3.8, 4) is 0 Å². The van der Waals surface area contributed by atoms with Crippen molar-refractivity contribution in [2.45, 2.75) is 16.7 Å². The Hall–Kier alpha value is -1.46. The van der Waals surface area contributed by atoms with Crippen LogP contribution in [-0.4, -0.2) is 33.9 Å². The van der Waals surface area contributed by atoms with E-state index in [-0.39, 0.29) is 10.6 Å². The fourth-order valence-electron chi connectivity index (χ4n) is 2.17. The highest BCUT2D eigenvalue weighted by molar-refractivity contribution is 9.11. The van der Waals surface area contributed by atoms with E-state index >= 15 is 0 Å². The summed E-state index contributed by atoms with van der Waals surface area (Å²) in [6.45, 7) is -0.486. The first-order chi connectivity index (χ1) is 12.7. The fourth-order valence-corrected chi connectivity index (χ4v) is 5.47. The number of rotatable bonds is 8. The van der Waals surface area contributed by atoms with Gasteiger partial charge in [0.2, 0.25) is 5.91 Å². The summed E-state index contributed by atoms with van der Waals surface area (Å²) in [4.78, 5) is 23.9. The van der Waals surface area contributed by atoms with Crippen LogP contribution >= 0.6 is 38.9 Å². The number of nitrogens with one attached hydrogen (secondary N) is 2. The minimum atomic E-state index is -3.81. The number of amides is 1. The summed E-state index contributed by atoms with van der Waals surface area (Å²) in [6, 6.07) is 9.01. The lowest BCUT2D eigenvalue weighted by atomic mass is 10.0. The largest absolute Gasteiger partial charge is 0.469 e. The normalized spacial score (nSPS) is 12.4. The Labute approximate surface area is 174 Å². The quantitative estimate of drug-likeness (QED) is 0.548. The monoisotopic (exact) mass is 494 g/mol. The summed E-state index contributed by atoms with van der Waals surface area (Å²) >= 11 is 10.4. The molecule has 2 aromatic rings. The number of ether oxygens (including phenoxy) is 1. The molecule has 2 N–H and O–H groups in total. The second kappa shape index (κ2) is 9.65. The van der Waals surface area contributed by atoms with Crippen LogP contribution in [0.25, 0.3) is 0 Å². The standard InChI is InChI=1S/C16H16BrClN2O5S2/c1-25-15(22)8-12(10-4-2-3-5-11(10)18)20-14(21)9-19-27(23,24)16-7-6-13(17)26-16/h2-7,12,19H,8-9H2,1H3,(H,20,21)/t12-/m1/s1. The van der Waals surface area contributed by atoms with Crippen molar-refractivity contribution >= 4 is 60.8 Å². The molecule has 1 aromatic carbocycles. The number of carbonyl (C=O) groups excluding carboxylic acids is 2. The van der Waals surface area contributed by atoms with Gasteiger partial charge in [-0.05, 0) is 39.7 Å². The van der Waals surface area contributed by atoms with Crippen molar-refractivity contribution in [2.75, 3.05) is 13.7 Å². The van der Waals surface area contributed by atoms with Gasteiger partial charge in [0.05, 0.1) is 29.9 Å². The number of esters is 1. The highest BCUT2D eigenvalue weighted by Crippen LogP contribution is 2.26. The van der Waals surface area contributed by atoms with Crippen LogP contribution in [0.1, 0.15) is 18.0 Å². The molecule has 0 radical (unpaired) electrons. The van der Waals surface area contributed by atoms with E-state index in [2.05, 4.69) is 30.7 Å². The SMILES string of the molecule is COC(=O)C[C@@H](NC(=O)CNS(=O)(=O)c1ccc(Br)s1)c1ccccc1Cl. The van der Waals surface area contributed by atoms with Gasteiger partial charge in [-0.2, -0.15) is 0 Å². The van der Waals surface area contributed by atoms with Crippen LogP contribution in [-0.2, 0) is 24.3 Å². The lowest BCUT2D eigenvalue weighted by Gasteiger charge is -2.19. The Morgan fingerprint density at radius 1 is 1.26 bits per heavy atom. The van der Waals surface area contributed by atoms with Gasteiger partial charge in [0.15, 0.2) is 0 Å². The molecule has 2 rings (SSSR count). The van der Waals surface area contributed by atoms with Crippen molar-refractivity contribution in [3.63, 3.8) is 0 Å². The Kier molecular flexibility index (Phi) is 7.80. The van der Waals surface area contributed by atoms with E-state index in [4.69, 9.17) is 11.6 Å². The average molecular weight is 496 g/mol. The molecule has 0 fully saturated rings. The number of sulfonamides is 1. The van der Waals surface area contributed by atoms with Crippen LogP contribution in [0.15, 0.2) is 44.4 Å². The molecular formula is C16H16BrClN2O5S2. The third-order valence-corrected chi connectivity index (χ3v) is 7.31. The number of hydrogen-bond acceptors (Lipinski definition) is 6. The number of benzene rings is 1. The lowest BCUT2D eigenvalue weighted by Crippen LogP contribution is -2.39. The first kappa shape index (κ1) is 21.8. The highest BCUT2D eigenvalue weighted by Gasteiger charge is 2.23. The molecule has 1 heterocycles. The third kappa shape index (κ3) is 6.28. The van der Waals surface area contributed by atoms with Crippen LogP contribution in [0.5, 0.6) is 0 Å². The fraction of sp³-hybridized carbons (Fsp3) is 0.250. The molecule has 0 aliphatic carbocycles. The molecule has 0 bridgehead atoms. The van der Waals surface area contributed by atoms with Gasteiger partial charge >= 0.3 is 5.97 Å². The van der Waals surface area contributed by atoms with Crippen LogP contribution in [0, 0.1) is 0 Å². The third-order valence-electron chi connectivity index (χ3n) is 3.45. The van der Waals surface area contributed by atoms with E-state index in [1.54, 1.807) is 30.3 Å². The van der Waals surface area contributed by atoms with Crippen molar-refractivity contribution < 1.29 is 22.7 Å². The Balaban J connectivity index is 2.07. The molecule has 7 nitrogen and oxygen atoms in total. The molecule has 0 unspecified atom stereocenters. The minimum Gasteiger partial charge on any atom is -0.469 e. The summed E-state index contributed by atoms with van der Waals surface area (Å²) in [6.07, 6.45) is -0.142. The minimum absolute atomic E-state index is 0.0828. The van der Waals surface area contributed by atoms with Crippen molar-refractivity contribution in [1.82, 2.24) is 10.0 Å². The molecule has 0 saturated carbocycles. The molecule has 0 aliphatic rings. The van der Waals surface area contributed by atoms with Gasteiger partial charge in [-0.3, -0.25) is 9.59 Å². The summed E-state index contributed by atoms with van der Waals surface area (Å²) in [7, 11) is -2.57. The summed E-state index contributed by atoms with van der Waals surface area (Å²) in [5.74, 6) is -1.15. The zero-order chi connectivity index (χ0) is 20.0. The number of thiophene rings is 1. The van der Waals surface area contributed by atoms with Crippen LogP contribution in [0.4, 0.5) is 0 Å². The van der Waals surface area contributed by atoms with E-state index in [9.17, 15) is 18.0 Å². The Morgan fingerprint density at radius 2 is 1.96 bits per heavy atom. The lowest BCUT2D eigenvalue weighted by molar-refractivity contribution is -0.141. The molecule has 146 valence electrons. The predicted molar refractivity (Wildman–Crippen MR) is 106 cm³/mol. The summed E-state index contributed by atoms with van der Waals surface area (Å²) in [5.41, 5.74) is 0.531.